The Kier molecular flexibility index (Phi) is 8.91. The van der Waals surface area contributed by atoms with E-state index in [1.165, 1.54) is 31.4 Å². The lowest BCUT2D eigenvalue weighted by molar-refractivity contribution is -0.602. The summed E-state index contributed by atoms with van der Waals surface area (Å²) in [4.78, 5) is 29.9. The van der Waals surface area contributed by atoms with Crippen LogP contribution < -0.4 is 16.4 Å². The number of nitrogens with two attached hydrogens (primary N) is 2. The number of methoxy groups -OCH3 is 1. The van der Waals surface area contributed by atoms with E-state index in [4.69, 9.17) is 27.5 Å². The molecule has 2 aliphatic carbocycles. The van der Waals surface area contributed by atoms with E-state index >= 15 is 4.39 Å². The van der Waals surface area contributed by atoms with E-state index in [9.17, 15) is 23.5 Å². The fourth-order valence-electron chi connectivity index (χ4n) is 4.76. The third-order valence-corrected chi connectivity index (χ3v) is 7.74. The molecule has 0 saturated heterocycles. The van der Waals surface area contributed by atoms with Crippen molar-refractivity contribution in [3.63, 3.8) is 0 Å². The molecule has 0 unspecified atom stereocenters. The number of carbonyl (C=O) groups is 2. The van der Waals surface area contributed by atoms with Crippen molar-refractivity contribution in [1.82, 2.24) is 10.3 Å². The first-order valence-corrected chi connectivity index (χ1v) is 14.1. The van der Waals surface area contributed by atoms with Crippen LogP contribution in [0.15, 0.2) is 83.8 Å². The maximum atomic E-state index is 15.5. The molecule has 2 aromatic carbocycles. The first kappa shape index (κ1) is 31.6. The molecule has 0 bridgehead atoms. The highest BCUT2D eigenvalue weighted by Gasteiger charge is 2.37. The van der Waals surface area contributed by atoms with Crippen molar-refractivity contribution in [2.45, 2.75) is 24.5 Å². The van der Waals surface area contributed by atoms with E-state index in [0.29, 0.717) is 17.7 Å². The molecular weight excluding hydrogens is 611 g/mol. The highest BCUT2D eigenvalue weighted by Crippen LogP contribution is 2.35. The summed E-state index contributed by atoms with van der Waals surface area (Å²) >= 11 is 5.83. The van der Waals surface area contributed by atoms with Crippen LogP contribution in [-0.2, 0) is 15.1 Å². The lowest BCUT2D eigenvalue weighted by Crippen LogP contribution is -2.80. The molecule has 1 aromatic heterocycles. The van der Waals surface area contributed by atoms with Gasteiger partial charge < -0.3 is 26.2 Å². The summed E-state index contributed by atoms with van der Waals surface area (Å²) < 4.78 is 49.6. The van der Waals surface area contributed by atoms with Gasteiger partial charge in [0.2, 0.25) is 0 Å². The number of pyridine rings is 1. The first-order valence-electron chi connectivity index (χ1n) is 13.8. The van der Waals surface area contributed by atoms with Crippen LogP contribution in [-0.4, -0.2) is 47.3 Å². The molecule has 2 amide bonds. The Hall–Kier alpha value is -4.78. The number of rotatable bonds is 10. The van der Waals surface area contributed by atoms with Gasteiger partial charge >= 0.3 is 0 Å². The van der Waals surface area contributed by atoms with Crippen LogP contribution in [0.2, 0.25) is 5.02 Å². The smallest absolute Gasteiger partial charge is 0.251 e. The Morgan fingerprint density at radius 2 is 1.89 bits per heavy atom. The number of primary amides is 1. The number of hydrogen-bond acceptors (Lipinski definition) is 6. The van der Waals surface area contributed by atoms with Crippen molar-refractivity contribution in [1.29, 1.82) is 5.41 Å². The summed E-state index contributed by atoms with van der Waals surface area (Å²) in [5.41, 5.74) is 1.62. The molecular formula is C32H28ClF3N5O4+. The number of nitrogens with one attached hydrogen (secondary N) is 2. The molecule has 7 N–H and O–H groups in total. The zero-order chi connectivity index (χ0) is 32.5. The molecule has 232 valence electrons. The third kappa shape index (κ3) is 6.53. The largest absolute Gasteiger partial charge is 0.494 e. The zero-order valence-corrected chi connectivity index (χ0v) is 24.6. The quantitative estimate of drug-likeness (QED) is 0.216. The second kappa shape index (κ2) is 12.7. The number of quaternary nitrogens is 1. The molecule has 5 rings (SSSR count). The minimum Gasteiger partial charge on any atom is -0.494 e. The average molecular weight is 639 g/mol. The van der Waals surface area contributed by atoms with Crippen molar-refractivity contribution < 1.29 is 37.9 Å². The van der Waals surface area contributed by atoms with E-state index in [1.807, 2.05) is 5.32 Å². The fraction of sp³-hybridized carbons (Fsp3) is 0.188. The van der Waals surface area contributed by atoms with Gasteiger partial charge in [0.25, 0.3) is 11.8 Å². The van der Waals surface area contributed by atoms with Gasteiger partial charge in [0.1, 0.15) is 40.6 Å². The molecule has 13 heteroatoms. The van der Waals surface area contributed by atoms with Crippen LogP contribution in [0.5, 0.6) is 0 Å². The van der Waals surface area contributed by atoms with Gasteiger partial charge in [0, 0.05) is 30.0 Å². The summed E-state index contributed by atoms with van der Waals surface area (Å²) in [7, 11) is 1.38. The van der Waals surface area contributed by atoms with E-state index in [2.05, 4.69) is 10.3 Å². The summed E-state index contributed by atoms with van der Waals surface area (Å²) in [6, 6.07) is 10.4. The second-order valence-corrected chi connectivity index (χ2v) is 11.0. The van der Waals surface area contributed by atoms with E-state index in [1.54, 1.807) is 24.4 Å². The van der Waals surface area contributed by atoms with Gasteiger partial charge in [0.15, 0.2) is 5.82 Å². The topological polar surface area (TPSA) is 155 Å². The normalized spacial score (nSPS) is 16.9. The van der Waals surface area contributed by atoms with Gasteiger partial charge in [-0.05, 0) is 29.8 Å². The molecule has 2 aliphatic rings. The summed E-state index contributed by atoms with van der Waals surface area (Å²) in [5.74, 6) is -5.40. The number of allylic oxidation sites excluding steroid dienone is 2. The molecule has 0 radical (unpaired) electrons. The minimum atomic E-state index is -2.22. The average Bonchev–Trinajstić information content (AvgIpc) is 3.86. The van der Waals surface area contributed by atoms with Crippen molar-refractivity contribution in [2.24, 2.45) is 5.73 Å². The first-order chi connectivity index (χ1) is 21.4. The zero-order valence-electron chi connectivity index (χ0n) is 23.8. The molecule has 1 saturated carbocycles. The number of halogens is 4. The molecule has 45 heavy (non-hydrogen) atoms. The van der Waals surface area contributed by atoms with Crippen LogP contribution in [0.3, 0.4) is 0 Å². The second-order valence-electron chi connectivity index (χ2n) is 10.6. The number of amides is 2. The molecule has 1 fully saturated rings. The molecule has 1 heterocycles. The van der Waals surface area contributed by atoms with Crippen molar-refractivity contribution in [3.8, 4) is 11.3 Å². The van der Waals surface area contributed by atoms with Crippen molar-refractivity contribution in [2.75, 3.05) is 13.7 Å². The third-order valence-electron chi connectivity index (χ3n) is 7.45. The summed E-state index contributed by atoms with van der Waals surface area (Å²) in [6.45, 7) is -0.559. The van der Waals surface area contributed by atoms with E-state index in [0.717, 1.165) is 25.0 Å². The molecule has 1 atom stereocenters. The lowest BCUT2D eigenvalue weighted by atomic mass is 9.88. The van der Waals surface area contributed by atoms with Gasteiger partial charge in [-0.25, -0.2) is 18.2 Å². The van der Waals surface area contributed by atoms with Crippen LogP contribution in [0.4, 0.5) is 13.2 Å². The predicted molar refractivity (Wildman–Crippen MR) is 159 cm³/mol. The monoisotopic (exact) mass is 638 g/mol. The number of nitrogens with zero attached hydrogens (tertiary/aromatic N) is 1. The molecule has 0 spiro atoms. The van der Waals surface area contributed by atoms with Crippen LogP contribution in [0, 0.1) is 22.9 Å². The summed E-state index contributed by atoms with van der Waals surface area (Å²) in [6.07, 6.45) is 6.76. The van der Waals surface area contributed by atoms with Gasteiger partial charge in [-0.15, -0.1) is 0 Å². The Morgan fingerprint density at radius 1 is 1.18 bits per heavy atom. The van der Waals surface area contributed by atoms with Crippen LogP contribution >= 0.6 is 11.6 Å². The van der Waals surface area contributed by atoms with Crippen LogP contribution in [0.1, 0.15) is 34.5 Å². The number of hydrogen-bond donors (Lipinski definition) is 5. The van der Waals surface area contributed by atoms with Gasteiger partial charge in [-0.1, -0.05) is 41.9 Å². The van der Waals surface area contributed by atoms with Crippen molar-refractivity contribution >= 4 is 29.1 Å². The van der Waals surface area contributed by atoms with Gasteiger partial charge in [-0.3, -0.25) is 15.0 Å². The van der Waals surface area contributed by atoms with Crippen molar-refractivity contribution in [3.05, 3.63) is 123 Å². The molecule has 3 aromatic rings. The lowest BCUT2D eigenvalue weighted by Gasteiger charge is -2.30. The molecule has 9 nitrogen and oxygen atoms in total. The number of carbonyl (C=O) groups excluding carboxylic acids is 2. The Labute approximate surface area is 260 Å². The van der Waals surface area contributed by atoms with Crippen LogP contribution in [0.25, 0.3) is 11.3 Å². The Balaban J connectivity index is 1.57. The summed E-state index contributed by atoms with van der Waals surface area (Å²) in [5, 5.41) is 24.6. The maximum Gasteiger partial charge on any atom is 0.251 e. The Morgan fingerprint density at radius 3 is 2.53 bits per heavy atom. The predicted octanol–water partition coefficient (Wildman–Crippen LogP) is 3.37. The number of benzene rings is 2. The fourth-order valence-corrected chi connectivity index (χ4v) is 4.92. The number of aromatic nitrogens is 1. The van der Waals surface area contributed by atoms with E-state index < -0.39 is 63.3 Å². The number of ether oxygens (including phenoxy) is 1. The maximum absolute atomic E-state index is 15.5. The standard InChI is InChI=1S/C32H27ClF3N5O4/c1-45-25-10-16(9-17(28(25)37)14-39-19-7-8-19)31(43)40-15-32(44,18-5-3-2-4-6-18)26-12-21(30(38)42)27(36)29(41-26)20-11-22(33)24(35)13-23(20)34/h2-6,9-14,19,37,39,44H,7-8,15H2,1H3,(H2,38,42)(H,40,43)/p+1/b17-14-,37-28?/t32-/m1/s1. The minimum absolute atomic E-state index is 0.0990. The molecule has 0 aliphatic heterocycles. The highest BCUT2D eigenvalue weighted by atomic mass is 35.5. The number of aliphatic hydroxyl groups is 1. The van der Waals surface area contributed by atoms with Gasteiger partial charge in [0.05, 0.1) is 41.5 Å². The SMILES string of the molecule is COC1=CC(C(=O)NC[C@@](O)(c2ccccc2)c2cc(C(N)=O)c(F)c(-c3cc(Cl)c(F)cc3F)n2)=C/C(=C/[NH2+]C2CC2)C1=N. The Bertz CT molecular complexity index is 1810. The van der Waals surface area contributed by atoms with Gasteiger partial charge in [-0.2, -0.15) is 0 Å². The van der Waals surface area contributed by atoms with E-state index in [-0.39, 0.29) is 28.3 Å². The highest BCUT2D eigenvalue weighted by molar-refractivity contribution is 6.31.